The largest absolute Gasteiger partial charge is 0.475 e. The van der Waals surface area contributed by atoms with Crippen LogP contribution in [0.2, 0.25) is 0 Å². The van der Waals surface area contributed by atoms with Gasteiger partial charge in [-0.05, 0) is 39.2 Å². The van der Waals surface area contributed by atoms with Crippen molar-refractivity contribution in [3.8, 4) is 5.88 Å². The Bertz CT molecular complexity index is 553. The number of alkyl halides is 3. The van der Waals surface area contributed by atoms with Crippen LogP contribution in [0, 0.1) is 0 Å². The number of nitrogens with one attached hydrogen (secondary N) is 1. The Balaban J connectivity index is 1.86. The summed E-state index contributed by atoms with van der Waals surface area (Å²) in [5, 5.41) is 2.84. The minimum absolute atomic E-state index is 0.0687. The molecule has 24 heavy (non-hydrogen) atoms. The molecule has 1 N–H and O–H groups in total. The van der Waals surface area contributed by atoms with Crippen LogP contribution in [0.4, 0.5) is 13.2 Å². The predicted octanol–water partition coefficient (Wildman–Crippen LogP) is 2.94. The highest BCUT2D eigenvalue weighted by atomic mass is 19.4. The van der Waals surface area contributed by atoms with Crippen molar-refractivity contribution < 1.29 is 27.4 Å². The number of hydrogen-bond acceptors (Lipinski definition) is 4. The number of hydrogen-bond donors (Lipinski definition) is 1. The molecule has 1 atom stereocenters. The van der Waals surface area contributed by atoms with Gasteiger partial charge in [-0.3, -0.25) is 4.79 Å². The molecular weight excluding hydrogens is 325 g/mol. The standard InChI is InChI=1S/C16H21F3N2O3/c1-15(2,21-14(22)12-5-3-4-8-23-12)10-24-13-7-6-11(9-20-13)16(17,18)19/h6-7,9,12H,3-5,8,10H2,1-2H3,(H,21,22). The van der Waals surface area contributed by atoms with Crippen LogP contribution < -0.4 is 10.1 Å². The molecule has 2 rings (SSSR count). The first-order valence-corrected chi connectivity index (χ1v) is 7.77. The van der Waals surface area contributed by atoms with Crippen molar-refractivity contribution in [3.05, 3.63) is 23.9 Å². The lowest BCUT2D eigenvalue weighted by Gasteiger charge is -2.29. The number of pyridine rings is 1. The average Bonchev–Trinajstić information content (AvgIpc) is 2.53. The van der Waals surface area contributed by atoms with Crippen LogP contribution in [0.25, 0.3) is 0 Å². The summed E-state index contributed by atoms with van der Waals surface area (Å²) in [5.41, 5.74) is -1.54. The highest BCUT2D eigenvalue weighted by molar-refractivity contribution is 5.81. The quantitative estimate of drug-likeness (QED) is 0.890. The minimum atomic E-state index is -4.43. The summed E-state index contributed by atoms with van der Waals surface area (Å²) in [6.45, 7) is 4.17. The van der Waals surface area contributed by atoms with E-state index in [1.165, 1.54) is 0 Å². The minimum Gasteiger partial charge on any atom is -0.475 e. The number of rotatable bonds is 5. The number of aromatic nitrogens is 1. The van der Waals surface area contributed by atoms with E-state index in [4.69, 9.17) is 9.47 Å². The van der Waals surface area contributed by atoms with Gasteiger partial charge in [-0.1, -0.05) is 0 Å². The maximum atomic E-state index is 12.5. The van der Waals surface area contributed by atoms with Crippen LogP contribution in [0.5, 0.6) is 5.88 Å². The normalized spacial score (nSPS) is 19.0. The number of nitrogens with zero attached hydrogens (tertiary/aromatic N) is 1. The van der Waals surface area contributed by atoms with Gasteiger partial charge in [-0.2, -0.15) is 13.2 Å². The summed E-state index contributed by atoms with van der Waals surface area (Å²) in [6, 6.07) is 2.06. The second-order valence-electron chi connectivity index (χ2n) is 6.40. The summed E-state index contributed by atoms with van der Waals surface area (Å²) >= 11 is 0. The zero-order valence-corrected chi connectivity index (χ0v) is 13.7. The van der Waals surface area contributed by atoms with E-state index in [0.29, 0.717) is 13.0 Å². The van der Waals surface area contributed by atoms with Crippen molar-refractivity contribution in [2.45, 2.75) is 50.9 Å². The fraction of sp³-hybridized carbons (Fsp3) is 0.625. The van der Waals surface area contributed by atoms with Gasteiger partial charge in [-0.15, -0.1) is 0 Å². The molecule has 1 unspecified atom stereocenters. The molecule has 0 aliphatic carbocycles. The molecule has 0 saturated carbocycles. The molecule has 1 amide bonds. The lowest BCUT2D eigenvalue weighted by Crippen LogP contribution is -2.52. The van der Waals surface area contributed by atoms with E-state index in [1.54, 1.807) is 13.8 Å². The zero-order chi connectivity index (χ0) is 17.8. The fourth-order valence-electron chi connectivity index (χ4n) is 2.29. The molecule has 1 saturated heterocycles. The van der Waals surface area contributed by atoms with E-state index in [2.05, 4.69) is 10.3 Å². The maximum absolute atomic E-state index is 12.5. The number of amides is 1. The van der Waals surface area contributed by atoms with Crippen LogP contribution in [0.3, 0.4) is 0 Å². The van der Waals surface area contributed by atoms with Crippen molar-refractivity contribution in [2.75, 3.05) is 13.2 Å². The zero-order valence-electron chi connectivity index (χ0n) is 13.7. The highest BCUT2D eigenvalue weighted by Gasteiger charge is 2.31. The number of ether oxygens (including phenoxy) is 2. The highest BCUT2D eigenvalue weighted by Crippen LogP contribution is 2.29. The van der Waals surface area contributed by atoms with Gasteiger partial charge in [0.2, 0.25) is 11.8 Å². The molecule has 1 fully saturated rings. The third-order valence-electron chi connectivity index (χ3n) is 3.58. The molecule has 134 valence electrons. The molecule has 0 aromatic carbocycles. The first kappa shape index (κ1) is 18.5. The van der Waals surface area contributed by atoms with Gasteiger partial charge in [0.1, 0.15) is 12.7 Å². The Kier molecular flexibility index (Phi) is 5.69. The lowest BCUT2D eigenvalue weighted by molar-refractivity contribution is -0.138. The summed E-state index contributed by atoms with van der Waals surface area (Å²) < 4.78 is 48.2. The summed E-state index contributed by atoms with van der Waals surface area (Å²) in [7, 11) is 0. The molecule has 5 nitrogen and oxygen atoms in total. The topological polar surface area (TPSA) is 60.5 Å². The molecule has 8 heteroatoms. The fourth-order valence-corrected chi connectivity index (χ4v) is 2.29. The van der Waals surface area contributed by atoms with Gasteiger partial charge < -0.3 is 14.8 Å². The molecule has 0 radical (unpaired) electrons. The molecule has 1 aromatic rings. The van der Waals surface area contributed by atoms with Crippen LogP contribution in [0.15, 0.2) is 18.3 Å². The van der Waals surface area contributed by atoms with Gasteiger partial charge in [0.25, 0.3) is 0 Å². The lowest BCUT2D eigenvalue weighted by atomic mass is 10.0. The predicted molar refractivity (Wildman–Crippen MR) is 80.5 cm³/mol. The van der Waals surface area contributed by atoms with Crippen molar-refractivity contribution in [1.29, 1.82) is 0 Å². The van der Waals surface area contributed by atoms with Gasteiger partial charge in [0.15, 0.2) is 0 Å². The van der Waals surface area contributed by atoms with E-state index in [0.717, 1.165) is 31.2 Å². The van der Waals surface area contributed by atoms with Crippen molar-refractivity contribution in [2.24, 2.45) is 0 Å². The van der Waals surface area contributed by atoms with E-state index < -0.39 is 23.4 Å². The summed E-state index contributed by atoms with van der Waals surface area (Å²) in [5.74, 6) is -0.136. The van der Waals surface area contributed by atoms with Crippen molar-refractivity contribution in [1.82, 2.24) is 10.3 Å². The number of carbonyl (C=O) groups excluding carboxylic acids is 1. The molecule has 1 aliphatic heterocycles. The molecule has 0 bridgehead atoms. The van der Waals surface area contributed by atoms with E-state index in [-0.39, 0.29) is 18.4 Å². The first-order chi connectivity index (χ1) is 11.2. The third-order valence-corrected chi connectivity index (χ3v) is 3.58. The van der Waals surface area contributed by atoms with Crippen LogP contribution in [0.1, 0.15) is 38.7 Å². The molecule has 1 aromatic heterocycles. The number of carbonyl (C=O) groups is 1. The van der Waals surface area contributed by atoms with Gasteiger partial charge in [0.05, 0.1) is 11.1 Å². The van der Waals surface area contributed by atoms with E-state index in [9.17, 15) is 18.0 Å². The average molecular weight is 346 g/mol. The molecule has 0 spiro atoms. The van der Waals surface area contributed by atoms with E-state index >= 15 is 0 Å². The van der Waals surface area contributed by atoms with Crippen molar-refractivity contribution >= 4 is 5.91 Å². The monoisotopic (exact) mass is 346 g/mol. The molecule has 2 heterocycles. The van der Waals surface area contributed by atoms with Crippen LogP contribution >= 0.6 is 0 Å². The van der Waals surface area contributed by atoms with Gasteiger partial charge in [0, 0.05) is 18.9 Å². The summed E-state index contributed by atoms with van der Waals surface area (Å²) in [6.07, 6.45) is -1.58. The third kappa shape index (κ3) is 5.36. The second-order valence-corrected chi connectivity index (χ2v) is 6.40. The van der Waals surface area contributed by atoms with Gasteiger partial charge >= 0.3 is 6.18 Å². The Morgan fingerprint density at radius 2 is 2.12 bits per heavy atom. The van der Waals surface area contributed by atoms with Crippen LogP contribution in [-0.2, 0) is 15.7 Å². The molecular formula is C16H21F3N2O3. The van der Waals surface area contributed by atoms with Gasteiger partial charge in [-0.25, -0.2) is 4.98 Å². The second kappa shape index (κ2) is 7.38. The molecule has 1 aliphatic rings. The van der Waals surface area contributed by atoms with Crippen LogP contribution in [-0.4, -0.2) is 35.7 Å². The van der Waals surface area contributed by atoms with Crippen molar-refractivity contribution in [3.63, 3.8) is 0 Å². The maximum Gasteiger partial charge on any atom is 0.417 e. The Hall–Kier alpha value is -1.83. The Morgan fingerprint density at radius 3 is 2.67 bits per heavy atom. The first-order valence-electron chi connectivity index (χ1n) is 7.77. The Labute approximate surface area is 138 Å². The smallest absolute Gasteiger partial charge is 0.417 e. The Morgan fingerprint density at radius 1 is 1.38 bits per heavy atom. The SMILES string of the molecule is CC(C)(COc1ccc(C(F)(F)F)cn1)NC(=O)C1CCCCO1. The number of halogens is 3. The van der Waals surface area contributed by atoms with E-state index in [1.807, 2.05) is 0 Å². The summed E-state index contributed by atoms with van der Waals surface area (Å²) in [4.78, 5) is 15.8.